The quantitative estimate of drug-likeness (QED) is 0.301. The highest BCUT2D eigenvalue weighted by molar-refractivity contribution is 5.83. The monoisotopic (exact) mass is 469 g/mol. The fraction of sp³-hybridized carbons (Fsp3) is 0.409. The van der Waals surface area contributed by atoms with Crippen LogP contribution in [0.3, 0.4) is 0 Å². The number of nitrogens with one attached hydrogen (secondary N) is 1. The van der Waals surface area contributed by atoms with Crippen molar-refractivity contribution >= 4 is 29.2 Å². The molecule has 0 bridgehead atoms. The zero-order valence-corrected chi connectivity index (χ0v) is 18.8. The SMILES string of the molecule is CN(C)c1ncnc2c1ncn2[C@@H]1O[C@H](CO)C(NC(=O)C(N)Cc2ccc(C=O)cc2)C1O. The number of aldehydes is 1. The number of aliphatic hydroxyl groups is 2. The Morgan fingerprint density at radius 3 is 2.68 bits per heavy atom. The summed E-state index contributed by atoms with van der Waals surface area (Å²) in [6.07, 6.45) is 0.836. The maximum atomic E-state index is 12.8. The Morgan fingerprint density at radius 1 is 1.29 bits per heavy atom. The van der Waals surface area contributed by atoms with Crippen molar-refractivity contribution in [2.75, 3.05) is 25.6 Å². The molecule has 1 fully saturated rings. The van der Waals surface area contributed by atoms with Crippen molar-refractivity contribution in [3.05, 3.63) is 48.0 Å². The first-order valence-electron chi connectivity index (χ1n) is 10.7. The number of aromatic nitrogens is 4. The van der Waals surface area contributed by atoms with Gasteiger partial charge in [0, 0.05) is 19.7 Å². The van der Waals surface area contributed by atoms with Crippen molar-refractivity contribution in [3.8, 4) is 0 Å². The van der Waals surface area contributed by atoms with Gasteiger partial charge in [-0.3, -0.25) is 14.2 Å². The molecule has 3 aromatic rings. The summed E-state index contributed by atoms with van der Waals surface area (Å²) in [7, 11) is 3.66. The zero-order valence-electron chi connectivity index (χ0n) is 18.8. The number of ether oxygens (including phenoxy) is 1. The molecule has 12 nitrogen and oxygen atoms in total. The molecule has 12 heteroatoms. The second-order valence-electron chi connectivity index (χ2n) is 8.36. The molecule has 1 aromatic carbocycles. The Hall–Kier alpha value is -3.45. The van der Waals surface area contributed by atoms with Gasteiger partial charge in [-0.1, -0.05) is 24.3 Å². The van der Waals surface area contributed by atoms with Crippen LogP contribution in [0.4, 0.5) is 5.82 Å². The van der Waals surface area contributed by atoms with E-state index in [1.807, 2.05) is 14.1 Å². The number of nitrogens with zero attached hydrogens (tertiary/aromatic N) is 5. The summed E-state index contributed by atoms with van der Waals surface area (Å²) >= 11 is 0. The van der Waals surface area contributed by atoms with Gasteiger partial charge in [0.05, 0.1) is 25.0 Å². The minimum absolute atomic E-state index is 0.234. The van der Waals surface area contributed by atoms with Gasteiger partial charge >= 0.3 is 0 Å². The molecule has 0 spiro atoms. The number of anilines is 1. The molecule has 0 aliphatic carbocycles. The number of rotatable bonds is 8. The highest BCUT2D eigenvalue weighted by Crippen LogP contribution is 2.32. The molecule has 0 radical (unpaired) electrons. The van der Waals surface area contributed by atoms with Gasteiger partial charge in [0.2, 0.25) is 5.91 Å². The lowest BCUT2D eigenvalue weighted by molar-refractivity contribution is -0.124. The molecule has 3 heterocycles. The van der Waals surface area contributed by atoms with Crippen LogP contribution >= 0.6 is 0 Å². The third-order valence-electron chi connectivity index (χ3n) is 5.81. The molecular weight excluding hydrogens is 442 g/mol. The number of aliphatic hydroxyl groups excluding tert-OH is 2. The topological polar surface area (TPSA) is 169 Å². The molecular formula is C22H27N7O5. The van der Waals surface area contributed by atoms with E-state index in [1.54, 1.807) is 33.7 Å². The second kappa shape index (κ2) is 9.81. The van der Waals surface area contributed by atoms with Crippen molar-refractivity contribution in [1.82, 2.24) is 24.8 Å². The third kappa shape index (κ3) is 4.48. The molecule has 5 atom stereocenters. The predicted molar refractivity (Wildman–Crippen MR) is 122 cm³/mol. The van der Waals surface area contributed by atoms with E-state index in [0.717, 1.165) is 11.8 Å². The summed E-state index contributed by atoms with van der Waals surface area (Å²) in [5.41, 5.74) is 8.36. The molecule has 2 aromatic heterocycles. The van der Waals surface area contributed by atoms with Crippen molar-refractivity contribution < 1.29 is 24.5 Å². The van der Waals surface area contributed by atoms with E-state index in [-0.39, 0.29) is 6.42 Å². The molecule has 1 aliphatic heterocycles. The van der Waals surface area contributed by atoms with Crippen LogP contribution in [-0.4, -0.2) is 86.9 Å². The molecule has 0 saturated carbocycles. The predicted octanol–water partition coefficient (Wildman–Crippen LogP) is -0.990. The first kappa shape index (κ1) is 23.7. The summed E-state index contributed by atoms with van der Waals surface area (Å²) < 4.78 is 7.43. The standard InChI is InChI=1S/C22H27N7O5/c1-28(2)19-17-20(25-10-24-19)29(11-26-17)22-18(32)16(15(9-31)34-22)27-21(33)14(23)7-12-3-5-13(8-30)6-4-12/h3-6,8,10-11,14-16,18,22,31-32H,7,9,23H2,1-2H3,(H,27,33)/t14?,15-,16?,18?,22-/m1/s1. The molecule has 3 unspecified atom stereocenters. The summed E-state index contributed by atoms with van der Waals surface area (Å²) in [5, 5.41) is 23.6. The van der Waals surface area contributed by atoms with E-state index in [1.165, 1.54) is 12.7 Å². The van der Waals surface area contributed by atoms with Gasteiger partial charge in [-0.25, -0.2) is 15.0 Å². The zero-order chi connectivity index (χ0) is 24.4. The van der Waals surface area contributed by atoms with E-state index in [9.17, 15) is 19.8 Å². The summed E-state index contributed by atoms with van der Waals surface area (Å²) in [4.78, 5) is 38.2. The molecule has 5 N–H and O–H groups in total. The number of carbonyl (C=O) groups is 2. The van der Waals surface area contributed by atoms with Crippen molar-refractivity contribution in [2.45, 2.75) is 36.9 Å². The van der Waals surface area contributed by atoms with Crippen LogP contribution in [0, 0.1) is 0 Å². The molecule has 180 valence electrons. The fourth-order valence-corrected chi connectivity index (χ4v) is 4.01. The Balaban J connectivity index is 1.50. The normalized spacial score (nSPS) is 23.1. The lowest BCUT2D eigenvalue weighted by Gasteiger charge is -2.23. The highest BCUT2D eigenvalue weighted by atomic mass is 16.5. The minimum Gasteiger partial charge on any atom is -0.394 e. The smallest absolute Gasteiger partial charge is 0.237 e. The van der Waals surface area contributed by atoms with E-state index >= 15 is 0 Å². The number of hydrogen-bond donors (Lipinski definition) is 4. The third-order valence-corrected chi connectivity index (χ3v) is 5.81. The largest absolute Gasteiger partial charge is 0.394 e. The van der Waals surface area contributed by atoms with Gasteiger partial charge in [0.25, 0.3) is 0 Å². The Labute approximate surface area is 195 Å². The molecule has 1 amide bonds. The average molecular weight is 470 g/mol. The first-order chi connectivity index (χ1) is 16.3. The van der Waals surface area contributed by atoms with Crippen molar-refractivity contribution in [3.63, 3.8) is 0 Å². The van der Waals surface area contributed by atoms with Crippen LogP contribution < -0.4 is 16.0 Å². The van der Waals surface area contributed by atoms with Gasteiger partial charge in [-0.2, -0.15) is 0 Å². The van der Waals surface area contributed by atoms with E-state index < -0.39 is 43.0 Å². The highest BCUT2D eigenvalue weighted by Gasteiger charge is 2.46. The van der Waals surface area contributed by atoms with E-state index in [0.29, 0.717) is 22.5 Å². The van der Waals surface area contributed by atoms with Crippen LogP contribution in [-0.2, 0) is 16.0 Å². The van der Waals surface area contributed by atoms with Crippen molar-refractivity contribution in [1.29, 1.82) is 0 Å². The molecule has 1 aliphatic rings. The van der Waals surface area contributed by atoms with E-state index in [4.69, 9.17) is 10.5 Å². The minimum atomic E-state index is -1.20. The summed E-state index contributed by atoms with van der Waals surface area (Å²) in [6, 6.07) is 4.94. The van der Waals surface area contributed by atoms with Gasteiger partial charge in [-0.15, -0.1) is 0 Å². The lowest BCUT2D eigenvalue weighted by atomic mass is 10.0. The Bertz CT molecular complexity index is 1170. The number of carbonyl (C=O) groups excluding carboxylic acids is 2. The number of hydrogen-bond acceptors (Lipinski definition) is 10. The molecule has 4 rings (SSSR count). The van der Waals surface area contributed by atoms with Crippen LogP contribution in [0.15, 0.2) is 36.9 Å². The van der Waals surface area contributed by atoms with Crippen LogP contribution in [0.2, 0.25) is 0 Å². The molecule has 34 heavy (non-hydrogen) atoms. The molecule has 1 saturated heterocycles. The lowest BCUT2D eigenvalue weighted by Crippen LogP contribution is -2.53. The summed E-state index contributed by atoms with van der Waals surface area (Å²) in [6.45, 7) is -0.425. The average Bonchev–Trinajstić information content (AvgIpc) is 3.40. The Morgan fingerprint density at radius 2 is 2.03 bits per heavy atom. The van der Waals surface area contributed by atoms with E-state index in [2.05, 4.69) is 20.3 Å². The number of benzene rings is 1. The number of imidazole rings is 1. The van der Waals surface area contributed by atoms with Crippen LogP contribution in [0.5, 0.6) is 0 Å². The number of nitrogens with two attached hydrogens (primary N) is 1. The number of fused-ring (bicyclic) bond motifs is 1. The number of amides is 1. The maximum Gasteiger partial charge on any atom is 0.237 e. The second-order valence-corrected chi connectivity index (χ2v) is 8.36. The summed E-state index contributed by atoms with van der Waals surface area (Å²) in [5.74, 6) is 0.103. The van der Waals surface area contributed by atoms with Gasteiger partial charge in [-0.05, 0) is 12.0 Å². The fourth-order valence-electron chi connectivity index (χ4n) is 4.01. The van der Waals surface area contributed by atoms with Gasteiger partial charge < -0.3 is 30.9 Å². The van der Waals surface area contributed by atoms with Crippen LogP contribution in [0.25, 0.3) is 11.2 Å². The van der Waals surface area contributed by atoms with Crippen LogP contribution in [0.1, 0.15) is 22.1 Å². The maximum absolute atomic E-state index is 12.8. The van der Waals surface area contributed by atoms with Crippen molar-refractivity contribution in [2.24, 2.45) is 5.73 Å². The first-order valence-corrected chi connectivity index (χ1v) is 10.7. The van der Waals surface area contributed by atoms with Gasteiger partial charge in [0.1, 0.15) is 24.8 Å². The van der Waals surface area contributed by atoms with Gasteiger partial charge in [0.15, 0.2) is 23.2 Å². The Kier molecular flexibility index (Phi) is 6.84.